The van der Waals surface area contributed by atoms with Gasteiger partial charge in [-0.05, 0) is 12.5 Å². The molecule has 0 saturated carbocycles. The molecule has 0 aliphatic carbocycles. The number of anilines is 2. The van der Waals surface area contributed by atoms with E-state index in [1.54, 1.807) is 4.90 Å². The smallest absolute Gasteiger partial charge is 0.226 e. The molecule has 1 saturated heterocycles. The average molecular weight is 277 g/mol. The van der Waals surface area contributed by atoms with Gasteiger partial charge in [-0.1, -0.05) is 13.3 Å². The lowest BCUT2D eigenvalue weighted by atomic mass is 10.3. The highest BCUT2D eigenvalue weighted by Gasteiger charge is 2.17. The van der Waals surface area contributed by atoms with Crippen LogP contribution in [0.1, 0.15) is 19.8 Å². The number of carbonyl (C=O) groups is 1. The summed E-state index contributed by atoms with van der Waals surface area (Å²) in [6.07, 6.45) is 5.03. The standard InChI is InChI=1S/C14H23N5O/c1-3-4-7-17(2)14-15-6-5-13(16-14)19-10-8-18(12-20)9-11-19/h5-6,12H,3-4,7-11H2,1-2H3. The molecule has 0 aromatic carbocycles. The lowest BCUT2D eigenvalue weighted by Crippen LogP contribution is -2.46. The maximum atomic E-state index is 10.7. The van der Waals surface area contributed by atoms with Gasteiger partial charge < -0.3 is 14.7 Å². The quantitative estimate of drug-likeness (QED) is 0.726. The summed E-state index contributed by atoms with van der Waals surface area (Å²) in [7, 11) is 2.03. The molecule has 0 atom stereocenters. The molecule has 6 nitrogen and oxygen atoms in total. The Kier molecular flexibility index (Phi) is 5.15. The lowest BCUT2D eigenvalue weighted by Gasteiger charge is -2.33. The van der Waals surface area contributed by atoms with Crippen molar-refractivity contribution >= 4 is 18.2 Å². The van der Waals surface area contributed by atoms with E-state index in [0.29, 0.717) is 0 Å². The van der Waals surface area contributed by atoms with Crippen LogP contribution < -0.4 is 9.80 Å². The Morgan fingerprint density at radius 2 is 2.10 bits per heavy atom. The van der Waals surface area contributed by atoms with Gasteiger partial charge in [0.25, 0.3) is 0 Å². The molecule has 1 aliphatic rings. The minimum Gasteiger partial charge on any atom is -0.353 e. The number of rotatable bonds is 6. The van der Waals surface area contributed by atoms with Gasteiger partial charge in [-0.2, -0.15) is 4.98 Å². The van der Waals surface area contributed by atoms with Gasteiger partial charge in [-0.15, -0.1) is 0 Å². The van der Waals surface area contributed by atoms with E-state index >= 15 is 0 Å². The number of piperazine rings is 1. The van der Waals surface area contributed by atoms with Crippen LogP contribution in [0.3, 0.4) is 0 Å². The average Bonchev–Trinajstić information content (AvgIpc) is 2.52. The largest absolute Gasteiger partial charge is 0.353 e. The highest BCUT2D eigenvalue weighted by molar-refractivity contribution is 5.49. The van der Waals surface area contributed by atoms with Crippen molar-refractivity contribution < 1.29 is 4.79 Å². The molecule has 1 aliphatic heterocycles. The van der Waals surface area contributed by atoms with E-state index in [0.717, 1.165) is 63.7 Å². The second kappa shape index (κ2) is 7.07. The van der Waals surface area contributed by atoms with E-state index in [1.165, 1.54) is 0 Å². The van der Waals surface area contributed by atoms with E-state index in [1.807, 2.05) is 19.3 Å². The second-order valence-corrected chi connectivity index (χ2v) is 5.12. The van der Waals surface area contributed by atoms with Crippen LogP contribution in [0, 0.1) is 0 Å². The summed E-state index contributed by atoms with van der Waals surface area (Å²) < 4.78 is 0. The van der Waals surface area contributed by atoms with E-state index < -0.39 is 0 Å². The van der Waals surface area contributed by atoms with E-state index in [-0.39, 0.29) is 0 Å². The van der Waals surface area contributed by atoms with Crippen molar-refractivity contribution in [1.29, 1.82) is 0 Å². The van der Waals surface area contributed by atoms with Gasteiger partial charge in [0.1, 0.15) is 5.82 Å². The van der Waals surface area contributed by atoms with Gasteiger partial charge in [0.2, 0.25) is 12.4 Å². The van der Waals surface area contributed by atoms with Crippen LogP contribution in [0.25, 0.3) is 0 Å². The van der Waals surface area contributed by atoms with Gasteiger partial charge in [0.05, 0.1) is 0 Å². The number of aromatic nitrogens is 2. The summed E-state index contributed by atoms with van der Waals surface area (Å²) in [4.78, 5) is 25.8. The maximum Gasteiger partial charge on any atom is 0.226 e. The first kappa shape index (κ1) is 14.6. The fraction of sp³-hybridized carbons (Fsp3) is 0.643. The third kappa shape index (κ3) is 3.59. The molecule has 0 spiro atoms. The predicted molar refractivity (Wildman–Crippen MR) is 80.1 cm³/mol. The number of unbranched alkanes of at least 4 members (excludes halogenated alkanes) is 1. The molecule has 0 radical (unpaired) electrons. The van der Waals surface area contributed by atoms with Crippen LogP contribution in [-0.2, 0) is 4.79 Å². The molecule has 1 fully saturated rings. The summed E-state index contributed by atoms with van der Waals surface area (Å²) in [6.45, 7) is 6.32. The molecular weight excluding hydrogens is 254 g/mol. The van der Waals surface area contributed by atoms with Crippen LogP contribution in [0.15, 0.2) is 12.3 Å². The summed E-state index contributed by atoms with van der Waals surface area (Å²) >= 11 is 0. The Hall–Kier alpha value is -1.85. The molecule has 1 aromatic heterocycles. The van der Waals surface area contributed by atoms with Gasteiger partial charge in [0, 0.05) is 46.0 Å². The lowest BCUT2D eigenvalue weighted by molar-refractivity contribution is -0.118. The SMILES string of the molecule is CCCCN(C)c1nccc(N2CCN(C=O)CC2)n1. The summed E-state index contributed by atoms with van der Waals surface area (Å²) in [5, 5.41) is 0. The molecule has 6 heteroatoms. The first-order valence-electron chi connectivity index (χ1n) is 7.23. The normalized spacial score (nSPS) is 15.3. The van der Waals surface area contributed by atoms with Crippen molar-refractivity contribution in [3.8, 4) is 0 Å². The Morgan fingerprint density at radius 1 is 1.35 bits per heavy atom. The first-order valence-corrected chi connectivity index (χ1v) is 7.23. The highest BCUT2D eigenvalue weighted by atomic mass is 16.1. The number of hydrogen-bond donors (Lipinski definition) is 0. The van der Waals surface area contributed by atoms with Crippen molar-refractivity contribution in [1.82, 2.24) is 14.9 Å². The van der Waals surface area contributed by atoms with Gasteiger partial charge >= 0.3 is 0 Å². The summed E-state index contributed by atoms with van der Waals surface area (Å²) in [5.41, 5.74) is 0. The first-order chi connectivity index (χ1) is 9.74. The van der Waals surface area contributed by atoms with Crippen LogP contribution in [-0.4, -0.2) is 61.0 Å². The molecular formula is C14H23N5O. The Labute approximate surface area is 120 Å². The second-order valence-electron chi connectivity index (χ2n) is 5.12. The van der Waals surface area contributed by atoms with E-state index in [9.17, 15) is 4.79 Å². The van der Waals surface area contributed by atoms with Crippen molar-refractivity contribution in [2.24, 2.45) is 0 Å². The highest BCUT2D eigenvalue weighted by Crippen LogP contribution is 2.16. The molecule has 2 rings (SSSR count). The number of carbonyl (C=O) groups excluding carboxylic acids is 1. The third-order valence-electron chi connectivity index (χ3n) is 3.60. The van der Waals surface area contributed by atoms with Crippen molar-refractivity contribution in [3.63, 3.8) is 0 Å². The Bertz CT molecular complexity index is 431. The topological polar surface area (TPSA) is 52.6 Å². The molecule has 0 N–H and O–H groups in total. The zero-order chi connectivity index (χ0) is 14.4. The van der Waals surface area contributed by atoms with Crippen molar-refractivity contribution in [3.05, 3.63) is 12.3 Å². The van der Waals surface area contributed by atoms with Crippen LogP contribution >= 0.6 is 0 Å². The fourth-order valence-corrected chi connectivity index (χ4v) is 2.25. The minimum absolute atomic E-state index is 0.758. The molecule has 110 valence electrons. The number of hydrogen-bond acceptors (Lipinski definition) is 5. The zero-order valence-electron chi connectivity index (χ0n) is 12.3. The van der Waals surface area contributed by atoms with Gasteiger partial charge in [-0.3, -0.25) is 4.79 Å². The van der Waals surface area contributed by atoms with Gasteiger partial charge in [-0.25, -0.2) is 4.98 Å². The Morgan fingerprint density at radius 3 is 2.75 bits per heavy atom. The fourth-order valence-electron chi connectivity index (χ4n) is 2.25. The molecule has 20 heavy (non-hydrogen) atoms. The molecule has 1 amide bonds. The van der Waals surface area contributed by atoms with Crippen molar-refractivity contribution in [2.45, 2.75) is 19.8 Å². The minimum atomic E-state index is 0.758. The van der Waals surface area contributed by atoms with Crippen LogP contribution in [0.4, 0.5) is 11.8 Å². The molecule has 0 bridgehead atoms. The zero-order valence-corrected chi connectivity index (χ0v) is 12.3. The summed E-state index contributed by atoms with van der Waals surface area (Å²) in [6, 6.07) is 1.94. The Balaban J connectivity index is 2.00. The molecule has 0 unspecified atom stereocenters. The molecule has 2 heterocycles. The third-order valence-corrected chi connectivity index (χ3v) is 3.60. The molecule has 1 aromatic rings. The monoisotopic (exact) mass is 277 g/mol. The van der Waals surface area contributed by atoms with Crippen molar-refractivity contribution in [2.75, 3.05) is 49.6 Å². The number of nitrogens with zero attached hydrogens (tertiary/aromatic N) is 5. The maximum absolute atomic E-state index is 10.7. The van der Waals surface area contributed by atoms with E-state index in [2.05, 4.69) is 26.7 Å². The van der Waals surface area contributed by atoms with Gasteiger partial charge in [0.15, 0.2) is 0 Å². The number of amides is 1. The van der Waals surface area contributed by atoms with E-state index in [4.69, 9.17) is 0 Å². The van der Waals surface area contributed by atoms with Crippen LogP contribution in [0.5, 0.6) is 0 Å². The predicted octanol–water partition coefficient (Wildman–Crippen LogP) is 0.991. The summed E-state index contributed by atoms with van der Waals surface area (Å²) in [5.74, 6) is 1.72. The van der Waals surface area contributed by atoms with Crippen LogP contribution in [0.2, 0.25) is 0 Å².